The minimum atomic E-state index is -0.123. The molecule has 0 aromatic heterocycles. The van der Waals surface area contributed by atoms with E-state index in [4.69, 9.17) is 9.47 Å². The van der Waals surface area contributed by atoms with Gasteiger partial charge in [-0.25, -0.2) is 0 Å². The zero-order chi connectivity index (χ0) is 18.4. The third-order valence-electron chi connectivity index (χ3n) is 4.50. The average Bonchev–Trinajstić information content (AvgIpc) is 2.62. The van der Waals surface area contributed by atoms with Crippen LogP contribution in [-0.4, -0.2) is 20.5 Å². The first kappa shape index (κ1) is 19.5. The van der Waals surface area contributed by atoms with Gasteiger partial charge in [-0.2, -0.15) is 0 Å². The van der Waals surface area contributed by atoms with Crippen LogP contribution < -0.4 is 14.8 Å². The SMILES string of the molecule is CCCC(C)(Pc1ccc(C)cc1C=O)c1cc(OC)ccc1OC. The van der Waals surface area contributed by atoms with Crippen molar-refractivity contribution in [1.82, 2.24) is 0 Å². The van der Waals surface area contributed by atoms with E-state index in [1.165, 1.54) is 0 Å². The van der Waals surface area contributed by atoms with Crippen LogP contribution in [0.4, 0.5) is 0 Å². The van der Waals surface area contributed by atoms with Gasteiger partial charge in [0, 0.05) is 16.3 Å². The van der Waals surface area contributed by atoms with E-state index in [-0.39, 0.29) is 5.16 Å². The largest absolute Gasteiger partial charge is 0.497 e. The molecule has 25 heavy (non-hydrogen) atoms. The highest BCUT2D eigenvalue weighted by molar-refractivity contribution is 7.48. The molecule has 134 valence electrons. The first-order valence-corrected chi connectivity index (χ1v) is 9.54. The van der Waals surface area contributed by atoms with Crippen molar-refractivity contribution in [2.45, 2.75) is 38.8 Å². The van der Waals surface area contributed by atoms with E-state index in [9.17, 15) is 4.79 Å². The average molecular weight is 358 g/mol. The molecular weight excluding hydrogens is 331 g/mol. The number of ether oxygens (including phenoxy) is 2. The Bertz CT molecular complexity index is 742. The molecule has 0 aliphatic carbocycles. The van der Waals surface area contributed by atoms with Gasteiger partial charge in [0.25, 0.3) is 0 Å². The number of methoxy groups -OCH3 is 2. The summed E-state index contributed by atoms with van der Waals surface area (Å²) >= 11 is 0. The van der Waals surface area contributed by atoms with Crippen molar-refractivity contribution in [1.29, 1.82) is 0 Å². The van der Waals surface area contributed by atoms with Crippen molar-refractivity contribution >= 4 is 20.2 Å². The molecule has 2 aromatic rings. The Morgan fingerprint density at radius 1 is 1.12 bits per heavy atom. The highest BCUT2D eigenvalue weighted by Gasteiger charge is 2.30. The fraction of sp³-hybridized carbons (Fsp3) is 0.381. The predicted octanol–water partition coefficient (Wildman–Crippen LogP) is 4.84. The summed E-state index contributed by atoms with van der Waals surface area (Å²) in [5.41, 5.74) is 3.02. The molecule has 0 aliphatic heterocycles. The van der Waals surface area contributed by atoms with Gasteiger partial charge in [0.2, 0.25) is 0 Å². The Morgan fingerprint density at radius 2 is 1.88 bits per heavy atom. The third-order valence-corrected chi connectivity index (χ3v) is 6.29. The van der Waals surface area contributed by atoms with E-state index >= 15 is 0 Å². The molecule has 0 radical (unpaired) electrons. The Balaban J connectivity index is 2.54. The quantitative estimate of drug-likeness (QED) is 0.500. The Kier molecular flexibility index (Phi) is 6.61. The van der Waals surface area contributed by atoms with Crippen LogP contribution in [0.25, 0.3) is 0 Å². The lowest BCUT2D eigenvalue weighted by atomic mass is 9.94. The van der Waals surface area contributed by atoms with Crippen LogP contribution in [-0.2, 0) is 5.16 Å². The number of benzene rings is 2. The van der Waals surface area contributed by atoms with Crippen molar-refractivity contribution < 1.29 is 14.3 Å². The molecule has 0 saturated carbocycles. The maximum atomic E-state index is 11.5. The summed E-state index contributed by atoms with van der Waals surface area (Å²) in [6.45, 7) is 6.45. The summed E-state index contributed by atoms with van der Waals surface area (Å²) < 4.78 is 11.1. The molecule has 0 fully saturated rings. The predicted molar refractivity (Wildman–Crippen MR) is 106 cm³/mol. The van der Waals surface area contributed by atoms with Crippen molar-refractivity contribution in [3.63, 3.8) is 0 Å². The van der Waals surface area contributed by atoms with Crippen LogP contribution in [0.1, 0.15) is 48.2 Å². The molecule has 0 N–H and O–H groups in total. The normalized spacial score (nSPS) is 13.6. The zero-order valence-electron chi connectivity index (χ0n) is 15.7. The van der Waals surface area contributed by atoms with Crippen LogP contribution >= 0.6 is 8.58 Å². The van der Waals surface area contributed by atoms with E-state index in [1.807, 2.05) is 25.1 Å². The number of hydrogen-bond acceptors (Lipinski definition) is 3. The number of aryl methyl sites for hydroxylation is 1. The van der Waals surface area contributed by atoms with Gasteiger partial charge < -0.3 is 9.47 Å². The van der Waals surface area contributed by atoms with Crippen LogP contribution in [0.5, 0.6) is 11.5 Å². The minimum absolute atomic E-state index is 0.123. The third kappa shape index (κ3) is 4.41. The van der Waals surface area contributed by atoms with Gasteiger partial charge in [-0.1, -0.05) is 46.5 Å². The van der Waals surface area contributed by atoms with Gasteiger partial charge in [-0.15, -0.1) is 0 Å². The lowest BCUT2D eigenvalue weighted by molar-refractivity contribution is 0.112. The molecule has 0 spiro atoms. The van der Waals surface area contributed by atoms with Crippen LogP contribution in [0, 0.1) is 6.92 Å². The van der Waals surface area contributed by atoms with E-state index in [1.54, 1.807) is 14.2 Å². The summed E-state index contributed by atoms with van der Waals surface area (Å²) in [5.74, 6) is 1.69. The molecule has 0 heterocycles. The molecule has 3 nitrogen and oxygen atoms in total. The molecule has 0 bridgehead atoms. The summed E-state index contributed by atoms with van der Waals surface area (Å²) in [7, 11) is 3.84. The smallest absolute Gasteiger partial charge is 0.150 e. The number of hydrogen-bond donors (Lipinski definition) is 0. The number of carbonyl (C=O) groups excluding carboxylic acids is 1. The fourth-order valence-corrected chi connectivity index (χ4v) is 4.94. The standard InChI is InChI=1S/C21H27O3P/c1-6-11-21(3,18-13-17(23-4)8-9-19(18)24-5)25-20-10-7-15(2)12-16(20)14-22/h7-10,12-14,25H,6,11H2,1-5H3. The molecule has 2 unspecified atom stereocenters. The second-order valence-corrected chi connectivity index (χ2v) is 8.37. The first-order valence-electron chi connectivity index (χ1n) is 8.54. The maximum Gasteiger partial charge on any atom is 0.150 e. The molecule has 2 aromatic carbocycles. The Morgan fingerprint density at radius 3 is 2.48 bits per heavy atom. The van der Waals surface area contributed by atoms with Gasteiger partial charge >= 0.3 is 0 Å². The van der Waals surface area contributed by atoms with Gasteiger partial charge in [0.1, 0.15) is 11.5 Å². The second kappa shape index (κ2) is 8.49. The van der Waals surface area contributed by atoms with Crippen molar-refractivity contribution in [2.24, 2.45) is 0 Å². The highest BCUT2D eigenvalue weighted by atomic mass is 31.1. The lowest BCUT2D eigenvalue weighted by Crippen LogP contribution is -2.21. The van der Waals surface area contributed by atoms with Gasteiger partial charge in [0.15, 0.2) is 6.29 Å². The van der Waals surface area contributed by atoms with E-state index < -0.39 is 0 Å². The minimum Gasteiger partial charge on any atom is -0.497 e. The van der Waals surface area contributed by atoms with Crippen molar-refractivity contribution in [2.75, 3.05) is 14.2 Å². The maximum absolute atomic E-state index is 11.5. The van der Waals surface area contributed by atoms with E-state index in [0.717, 1.165) is 52.6 Å². The Labute approximate surface area is 152 Å². The molecule has 0 aliphatic rings. The molecule has 2 atom stereocenters. The number of aldehydes is 1. The van der Waals surface area contributed by atoms with Gasteiger partial charge in [0.05, 0.1) is 14.2 Å². The van der Waals surface area contributed by atoms with Crippen LogP contribution in [0.3, 0.4) is 0 Å². The topological polar surface area (TPSA) is 35.5 Å². The molecular formula is C21H27O3P. The first-order chi connectivity index (χ1) is 12.0. The molecule has 2 rings (SSSR count). The lowest BCUT2D eigenvalue weighted by Gasteiger charge is -2.32. The van der Waals surface area contributed by atoms with E-state index in [0.29, 0.717) is 8.58 Å². The summed E-state index contributed by atoms with van der Waals surface area (Å²) in [6.07, 6.45) is 3.01. The Hall–Kier alpha value is -1.86. The van der Waals surface area contributed by atoms with Crippen molar-refractivity contribution in [3.8, 4) is 11.5 Å². The summed E-state index contributed by atoms with van der Waals surface area (Å²) in [6, 6.07) is 12.1. The molecule has 4 heteroatoms. The second-order valence-electron chi connectivity index (χ2n) is 6.48. The van der Waals surface area contributed by atoms with Gasteiger partial charge in [-0.3, -0.25) is 4.79 Å². The van der Waals surface area contributed by atoms with Crippen LogP contribution in [0.15, 0.2) is 36.4 Å². The summed E-state index contributed by atoms with van der Waals surface area (Å²) in [4.78, 5) is 11.5. The van der Waals surface area contributed by atoms with Crippen molar-refractivity contribution in [3.05, 3.63) is 53.1 Å². The van der Waals surface area contributed by atoms with E-state index in [2.05, 4.69) is 32.0 Å². The molecule has 0 saturated heterocycles. The number of rotatable bonds is 8. The monoisotopic (exact) mass is 358 g/mol. The summed E-state index contributed by atoms with van der Waals surface area (Å²) in [5, 5.41) is 0.975. The number of carbonyl (C=O) groups is 1. The zero-order valence-corrected chi connectivity index (χ0v) is 16.7. The van der Waals surface area contributed by atoms with Gasteiger partial charge in [-0.05, 0) is 42.9 Å². The highest BCUT2D eigenvalue weighted by Crippen LogP contribution is 2.49. The fourth-order valence-electron chi connectivity index (χ4n) is 3.20. The molecule has 0 amide bonds. The van der Waals surface area contributed by atoms with Crippen LogP contribution in [0.2, 0.25) is 0 Å².